The van der Waals surface area contributed by atoms with E-state index in [9.17, 15) is 4.79 Å². The SMILES string of the molecule is O=C(c1ccc(Nc2nc(Br)cn3ccnc23)cc1)N1CCOCC1. The van der Waals surface area contributed by atoms with Gasteiger partial charge in [0.25, 0.3) is 5.91 Å². The van der Waals surface area contributed by atoms with E-state index in [0.717, 1.165) is 11.3 Å². The Balaban J connectivity index is 1.54. The van der Waals surface area contributed by atoms with Crippen LogP contribution in [-0.2, 0) is 4.74 Å². The molecule has 0 radical (unpaired) electrons. The highest BCUT2D eigenvalue weighted by Crippen LogP contribution is 2.22. The zero-order chi connectivity index (χ0) is 17.2. The van der Waals surface area contributed by atoms with Crippen molar-refractivity contribution in [1.29, 1.82) is 0 Å². The second kappa shape index (κ2) is 6.81. The number of ether oxygens (including phenoxy) is 1. The van der Waals surface area contributed by atoms with Crippen molar-refractivity contribution in [3.63, 3.8) is 0 Å². The second-order valence-corrected chi connectivity index (χ2v) is 6.49. The first-order valence-corrected chi connectivity index (χ1v) is 8.73. The molecule has 8 heteroatoms. The van der Waals surface area contributed by atoms with Crippen LogP contribution in [0.2, 0.25) is 0 Å². The highest BCUT2D eigenvalue weighted by atomic mass is 79.9. The van der Waals surface area contributed by atoms with Crippen molar-refractivity contribution in [3.8, 4) is 0 Å². The number of rotatable bonds is 3. The molecule has 4 rings (SSSR count). The quantitative estimate of drug-likeness (QED) is 0.730. The highest BCUT2D eigenvalue weighted by molar-refractivity contribution is 9.10. The van der Waals surface area contributed by atoms with Gasteiger partial charge < -0.3 is 19.4 Å². The van der Waals surface area contributed by atoms with Crippen molar-refractivity contribution >= 4 is 39.0 Å². The number of fused-ring (bicyclic) bond motifs is 1. The number of nitrogens with one attached hydrogen (secondary N) is 1. The van der Waals surface area contributed by atoms with Gasteiger partial charge in [0.2, 0.25) is 0 Å². The van der Waals surface area contributed by atoms with Crippen LogP contribution in [0.1, 0.15) is 10.4 Å². The van der Waals surface area contributed by atoms with Gasteiger partial charge in [0.05, 0.1) is 13.2 Å². The fourth-order valence-corrected chi connectivity index (χ4v) is 3.16. The zero-order valence-electron chi connectivity index (χ0n) is 13.4. The average molecular weight is 402 g/mol. The predicted molar refractivity (Wildman–Crippen MR) is 97.1 cm³/mol. The Bertz CT molecular complexity index is 903. The van der Waals surface area contributed by atoms with Gasteiger partial charge in [-0.15, -0.1) is 0 Å². The molecule has 0 saturated carbocycles. The van der Waals surface area contributed by atoms with Gasteiger partial charge in [-0.25, -0.2) is 9.97 Å². The number of imidazole rings is 1. The third kappa shape index (κ3) is 3.35. The van der Waals surface area contributed by atoms with Crippen LogP contribution in [-0.4, -0.2) is 51.5 Å². The summed E-state index contributed by atoms with van der Waals surface area (Å²) >= 11 is 3.40. The van der Waals surface area contributed by atoms with Crippen molar-refractivity contribution < 1.29 is 9.53 Å². The number of amides is 1. The van der Waals surface area contributed by atoms with Crippen molar-refractivity contribution in [1.82, 2.24) is 19.3 Å². The average Bonchev–Trinajstić information content (AvgIpc) is 3.11. The second-order valence-electron chi connectivity index (χ2n) is 5.68. The maximum absolute atomic E-state index is 12.5. The van der Waals surface area contributed by atoms with E-state index in [1.165, 1.54) is 0 Å². The number of carbonyl (C=O) groups is 1. The number of nitrogens with zero attached hydrogens (tertiary/aromatic N) is 4. The standard InChI is InChI=1S/C17H16BrN5O2/c18-14-11-23-6-5-19-16(23)15(21-14)20-13-3-1-12(2-4-13)17(24)22-7-9-25-10-8-22/h1-6,11H,7-10H2,(H,20,21). The maximum Gasteiger partial charge on any atom is 0.254 e. The van der Waals surface area contributed by atoms with Crippen LogP contribution in [0.4, 0.5) is 11.5 Å². The molecule has 1 N–H and O–H groups in total. The lowest BCUT2D eigenvalue weighted by atomic mass is 10.1. The number of benzene rings is 1. The third-order valence-electron chi connectivity index (χ3n) is 4.04. The van der Waals surface area contributed by atoms with Crippen LogP contribution in [0.5, 0.6) is 0 Å². The van der Waals surface area contributed by atoms with Gasteiger partial charge in [-0.3, -0.25) is 4.79 Å². The van der Waals surface area contributed by atoms with Crippen LogP contribution in [0.3, 0.4) is 0 Å². The molecule has 0 aliphatic carbocycles. The van der Waals surface area contributed by atoms with Crippen LogP contribution in [0.15, 0.2) is 47.5 Å². The Kier molecular flexibility index (Phi) is 4.37. The van der Waals surface area contributed by atoms with E-state index >= 15 is 0 Å². The van der Waals surface area contributed by atoms with Gasteiger partial charge in [0.1, 0.15) is 4.60 Å². The van der Waals surface area contributed by atoms with E-state index in [4.69, 9.17) is 4.74 Å². The molecule has 1 aliphatic rings. The largest absolute Gasteiger partial charge is 0.378 e. The van der Waals surface area contributed by atoms with Gasteiger partial charge in [0, 0.05) is 42.9 Å². The molecular formula is C17H16BrN5O2. The Morgan fingerprint density at radius 1 is 1.20 bits per heavy atom. The molecule has 1 saturated heterocycles. The fraction of sp³-hybridized carbons (Fsp3) is 0.235. The van der Waals surface area contributed by atoms with Gasteiger partial charge in [-0.2, -0.15) is 0 Å². The van der Waals surface area contributed by atoms with Gasteiger partial charge >= 0.3 is 0 Å². The number of aromatic nitrogens is 3. The molecule has 1 aliphatic heterocycles. The lowest BCUT2D eigenvalue weighted by Gasteiger charge is -2.26. The monoisotopic (exact) mass is 401 g/mol. The van der Waals surface area contributed by atoms with Crippen LogP contribution in [0, 0.1) is 0 Å². The summed E-state index contributed by atoms with van der Waals surface area (Å²) in [4.78, 5) is 23.0. The van der Waals surface area contributed by atoms with Gasteiger partial charge in [0.15, 0.2) is 11.5 Å². The van der Waals surface area contributed by atoms with E-state index in [1.807, 2.05) is 46.0 Å². The molecule has 0 atom stereocenters. The first kappa shape index (κ1) is 16.0. The minimum Gasteiger partial charge on any atom is -0.378 e. The number of anilines is 2. The number of carbonyl (C=O) groups excluding carboxylic acids is 1. The molecule has 0 unspecified atom stereocenters. The summed E-state index contributed by atoms with van der Waals surface area (Å²) in [5.41, 5.74) is 2.24. The summed E-state index contributed by atoms with van der Waals surface area (Å²) in [7, 11) is 0. The van der Waals surface area contributed by atoms with E-state index in [0.29, 0.717) is 42.3 Å². The topological polar surface area (TPSA) is 71.8 Å². The molecule has 1 fully saturated rings. The zero-order valence-corrected chi connectivity index (χ0v) is 14.9. The summed E-state index contributed by atoms with van der Waals surface area (Å²) in [6.45, 7) is 2.47. The molecule has 3 aromatic rings. The Morgan fingerprint density at radius 3 is 2.72 bits per heavy atom. The van der Waals surface area contributed by atoms with E-state index in [-0.39, 0.29) is 5.91 Å². The van der Waals surface area contributed by atoms with Crippen molar-refractivity contribution in [2.45, 2.75) is 0 Å². The molecule has 1 amide bonds. The van der Waals surface area contributed by atoms with E-state index in [1.54, 1.807) is 6.20 Å². The van der Waals surface area contributed by atoms with E-state index in [2.05, 4.69) is 31.2 Å². The Hall–Kier alpha value is -2.45. The van der Waals surface area contributed by atoms with Crippen LogP contribution in [0.25, 0.3) is 5.65 Å². The van der Waals surface area contributed by atoms with Crippen molar-refractivity contribution in [2.24, 2.45) is 0 Å². The minimum atomic E-state index is 0.0334. The summed E-state index contributed by atoms with van der Waals surface area (Å²) in [6.07, 6.45) is 5.42. The summed E-state index contributed by atoms with van der Waals surface area (Å²) < 4.78 is 7.88. The smallest absolute Gasteiger partial charge is 0.254 e. The molecule has 128 valence electrons. The Morgan fingerprint density at radius 2 is 1.96 bits per heavy atom. The predicted octanol–water partition coefficient (Wildman–Crippen LogP) is 2.71. The fourth-order valence-electron chi connectivity index (χ4n) is 2.77. The molecule has 1 aromatic carbocycles. The minimum absolute atomic E-state index is 0.0334. The van der Waals surface area contributed by atoms with Gasteiger partial charge in [-0.05, 0) is 40.2 Å². The highest BCUT2D eigenvalue weighted by Gasteiger charge is 2.18. The van der Waals surface area contributed by atoms with Crippen molar-refractivity contribution in [2.75, 3.05) is 31.6 Å². The first-order chi connectivity index (χ1) is 12.2. The lowest BCUT2D eigenvalue weighted by Crippen LogP contribution is -2.40. The summed E-state index contributed by atoms with van der Waals surface area (Å²) in [5, 5.41) is 3.25. The maximum atomic E-state index is 12.5. The van der Waals surface area contributed by atoms with Crippen LogP contribution < -0.4 is 5.32 Å². The molecule has 25 heavy (non-hydrogen) atoms. The van der Waals surface area contributed by atoms with Crippen LogP contribution >= 0.6 is 15.9 Å². The Labute approximate surface area is 152 Å². The summed E-state index contributed by atoms with van der Waals surface area (Å²) in [5.74, 6) is 0.678. The normalized spacial score (nSPS) is 14.7. The number of hydrogen-bond donors (Lipinski definition) is 1. The number of halogens is 1. The van der Waals surface area contributed by atoms with Gasteiger partial charge in [-0.1, -0.05) is 0 Å². The molecular weight excluding hydrogens is 386 g/mol. The first-order valence-electron chi connectivity index (χ1n) is 7.94. The molecule has 0 bridgehead atoms. The summed E-state index contributed by atoms with van der Waals surface area (Å²) in [6, 6.07) is 7.38. The molecule has 3 heterocycles. The number of hydrogen-bond acceptors (Lipinski definition) is 5. The third-order valence-corrected chi connectivity index (χ3v) is 4.42. The van der Waals surface area contributed by atoms with E-state index < -0.39 is 0 Å². The molecule has 7 nitrogen and oxygen atoms in total. The number of morpholine rings is 1. The van der Waals surface area contributed by atoms with Crippen molar-refractivity contribution in [3.05, 3.63) is 53.0 Å². The molecule has 0 spiro atoms. The lowest BCUT2D eigenvalue weighted by molar-refractivity contribution is 0.0303. The molecule has 2 aromatic heterocycles.